The number of halogens is 2. The molecule has 114 valence electrons. The van der Waals surface area contributed by atoms with Gasteiger partial charge in [0.05, 0.1) is 5.56 Å². The molecule has 3 N–H and O–H groups in total. The van der Waals surface area contributed by atoms with Crippen molar-refractivity contribution in [3.63, 3.8) is 0 Å². The Kier molecular flexibility index (Phi) is 5.76. The number of hydrazine groups is 1. The zero-order chi connectivity index (χ0) is 16.1. The summed E-state index contributed by atoms with van der Waals surface area (Å²) in [6.07, 6.45) is 0. The van der Waals surface area contributed by atoms with Crippen LogP contribution in [-0.2, 0) is 0 Å². The first-order valence-corrected chi connectivity index (χ1v) is 7.93. The van der Waals surface area contributed by atoms with Gasteiger partial charge in [-0.2, -0.15) is 0 Å². The van der Waals surface area contributed by atoms with Crippen molar-refractivity contribution in [3.8, 4) is 0 Å². The van der Waals surface area contributed by atoms with Gasteiger partial charge in [0, 0.05) is 15.2 Å². The number of hydrogen-bond donors (Lipinski definition) is 3. The van der Waals surface area contributed by atoms with Gasteiger partial charge in [0.2, 0.25) is 0 Å². The van der Waals surface area contributed by atoms with Crippen molar-refractivity contribution in [2.24, 2.45) is 0 Å². The molecule has 22 heavy (non-hydrogen) atoms. The zero-order valence-electron chi connectivity index (χ0n) is 11.6. The third kappa shape index (κ3) is 4.43. The lowest BCUT2D eigenvalue weighted by Crippen LogP contribution is -2.43. The maximum atomic E-state index is 12.0. The quantitative estimate of drug-likeness (QED) is 0.528. The molecule has 0 unspecified atom stereocenters. The molecule has 2 aromatic carbocycles. The molecular weight excluding hydrogens is 386 g/mol. The van der Waals surface area contributed by atoms with Crippen LogP contribution < -0.4 is 16.2 Å². The molecule has 0 heterocycles. The van der Waals surface area contributed by atoms with Gasteiger partial charge in [-0.25, -0.2) is 0 Å². The zero-order valence-corrected chi connectivity index (χ0v) is 14.8. The van der Waals surface area contributed by atoms with E-state index in [4.69, 9.17) is 23.8 Å². The SMILES string of the molecule is Cc1cc(Cl)ccc1NC(=S)NNC(=O)c1ccccc1Br. The molecular formula is C15H13BrClN3OS. The number of hydrogen-bond acceptors (Lipinski definition) is 2. The Morgan fingerprint density at radius 1 is 1.18 bits per heavy atom. The van der Waals surface area contributed by atoms with E-state index >= 15 is 0 Å². The lowest BCUT2D eigenvalue weighted by molar-refractivity contribution is 0.0943. The molecule has 0 fully saturated rings. The minimum Gasteiger partial charge on any atom is -0.331 e. The number of rotatable bonds is 2. The van der Waals surface area contributed by atoms with Gasteiger partial charge < -0.3 is 5.32 Å². The number of thiocarbonyl (C=S) groups is 1. The van der Waals surface area contributed by atoms with Crippen molar-refractivity contribution in [3.05, 3.63) is 63.1 Å². The summed E-state index contributed by atoms with van der Waals surface area (Å²) in [5.41, 5.74) is 7.49. The second-order valence-corrected chi connectivity index (χ2v) is 6.17. The second kappa shape index (κ2) is 7.58. The van der Waals surface area contributed by atoms with Crippen LogP contribution in [0.1, 0.15) is 15.9 Å². The van der Waals surface area contributed by atoms with Gasteiger partial charge in [0.25, 0.3) is 5.91 Å². The molecule has 2 aromatic rings. The molecule has 0 saturated heterocycles. The Balaban J connectivity index is 1.93. The monoisotopic (exact) mass is 397 g/mol. The van der Waals surface area contributed by atoms with Crippen LogP contribution in [0.2, 0.25) is 5.02 Å². The van der Waals surface area contributed by atoms with Crippen LogP contribution in [0.4, 0.5) is 5.69 Å². The smallest absolute Gasteiger partial charge is 0.270 e. The maximum absolute atomic E-state index is 12.0. The average Bonchev–Trinajstić information content (AvgIpc) is 2.48. The highest BCUT2D eigenvalue weighted by molar-refractivity contribution is 9.10. The first-order chi connectivity index (χ1) is 10.5. The highest BCUT2D eigenvalue weighted by atomic mass is 79.9. The number of aryl methyl sites for hydroxylation is 1. The van der Waals surface area contributed by atoms with E-state index in [0.717, 1.165) is 11.3 Å². The molecule has 0 bridgehead atoms. The van der Waals surface area contributed by atoms with Crippen LogP contribution in [0, 0.1) is 6.92 Å². The Morgan fingerprint density at radius 2 is 1.91 bits per heavy atom. The summed E-state index contributed by atoms with van der Waals surface area (Å²) in [6, 6.07) is 12.5. The number of nitrogens with one attached hydrogen (secondary N) is 3. The Morgan fingerprint density at radius 3 is 2.59 bits per heavy atom. The Bertz CT molecular complexity index is 724. The molecule has 4 nitrogen and oxygen atoms in total. The van der Waals surface area contributed by atoms with Gasteiger partial charge in [-0.05, 0) is 71.0 Å². The molecule has 1 amide bonds. The standard InChI is InChI=1S/C15H13BrClN3OS/c1-9-8-10(17)6-7-13(9)18-15(22)20-19-14(21)11-4-2-3-5-12(11)16/h2-8H,1H3,(H,19,21)(H2,18,20,22). The minimum absolute atomic E-state index is 0.283. The van der Waals surface area contributed by atoms with E-state index < -0.39 is 0 Å². The van der Waals surface area contributed by atoms with Gasteiger partial charge >= 0.3 is 0 Å². The van der Waals surface area contributed by atoms with Gasteiger partial charge in [-0.1, -0.05) is 23.7 Å². The Labute approximate surface area is 147 Å². The number of anilines is 1. The summed E-state index contributed by atoms with van der Waals surface area (Å²) < 4.78 is 0.710. The average molecular weight is 399 g/mol. The van der Waals surface area contributed by atoms with E-state index in [0.29, 0.717) is 15.1 Å². The van der Waals surface area contributed by atoms with Gasteiger partial charge in [-0.3, -0.25) is 15.6 Å². The normalized spacial score (nSPS) is 9.95. The third-order valence-corrected chi connectivity index (χ3v) is 3.98. The number of carbonyl (C=O) groups is 1. The van der Waals surface area contributed by atoms with Crippen molar-refractivity contribution in [2.75, 3.05) is 5.32 Å². The fraction of sp³-hybridized carbons (Fsp3) is 0.0667. The van der Waals surface area contributed by atoms with E-state index in [1.807, 2.05) is 25.1 Å². The molecule has 7 heteroatoms. The maximum Gasteiger partial charge on any atom is 0.270 e. The molecule has 0 spiro atoms. The van der Waals surface area contributed by atoms with Crippen LogP contribution in [0.5, 0.6) is 0 Å². The second-order valence-electron chi connectivity index (χ2n) is 4.47. The van der Waals surface area contributed by atoms with Crippen LogP contribution in [0.25, 0.3) is 0 Å². The highest BCUT2D eigenvalue weighted by Gasteiger charge is 2.09. The number of amides is 1. The summed E-state index contributed by atoms with van der Waals surface area (Å²) in [7, 11) is 0. The van der Waals surface area contributed by atoms with Crippen LogP contribution in [-0.4, -0.2) is 11.0 Å². The molecule has 0 aromatic heterocycles. The third-order valence-electron chi connectivity index (χ3n) is 2.84. The fourth-order valence-corrected chi connectivity index (χ4v) is 2.60. The molecule has 0 aliphatic rings. The van der Waals surface area contributed by atoms with E-state index in [1.165, 1.54) is 0 Å². The first-order valence-electron chi connectivity index (χ1n) is 6.35. The van der Waals surface area contributed by atoms with Gasteiger partial charge in [-0.15, -0.1) is 0 Å². The van der Waals surface area contributed by atoms with E-state index in [-0.39, 0.29) is 11.0 Å². The molecule has 0 atom stereocenters. The minimum atomic E-state index is -0.288. The predicted octanol–water partition coefficient (Wildman–Crippen LogP) is 4.04. The fourth-order valence-electron chi connectivity index (χ4n) is 1.75. The van der Waals surface area contributed by atoms with E-state index in [9.17, 15) is 4.79 Å². The van der Waals surface area contributed by atoms with Crippen LogP contribution in [0.15, 0.2) is 46.9 Å². The van der Waals surface area contributed by atoms with Crippen molar-refractivity contribution in [2.45, 2.75) is 6.92 Å². The lowest BCUT2D eigenvalue weighted by Gasteiger charge is -2.13. The predicted molar refractivity (Wildman–Crippen MR) is 97.2 cm³/mol. The van der Waals surface area contributed by atoms with Crippen molar-refractivity contribution < 1.29 is 4.79 Å². The Hall–Kier alpha value is -1.63. The highest BCUT2D eigenvalue weighted by Crippen LogP contribution is 2.19. The molecule has 0 aliphatic heterocycles. The van der Waals surface area contributed by atoms with Crippen LogP contribution in [0.3, 0.4) is 0 Å². The van der Waals surface area contributed by atoms with Gasteiger partial charge in [0.1, 0.15) is 0 Å². The summed E-state index contributed by atoms with van der Waals surface area (Å²) in [5, 5.41) is 3.93. The first kappa shape index (κ1) is 16.7. The topological polar surface area (TPSA) is 53.2 Å². The summed E-state index contributed by atoms with van der Waals surface area (Å²) in [6.45, 7) is 1.91. The van der Waals surface area contributed by atoms with Crippen molar-refractivity contribution in [1.82, 2.24) is 10.9 Å². The number of carbonyl (C=O) groups excluding carboxylic acids is 1. The lowest BCUT2D eigenvalue weighted by atomic mass is 10.2. The number of benzene rings is 2. The molecule has 0 aliphatic carbocycles. The summed E-state index contributed by atoms with van der Waals surface area (Å²) in [5.74, 6) is -0.288. The molecule has 0 radical (unpaired) electrons. The van der Waals surface area contributed by atoms with Crippen molar-refractivity contribution >= 4 is 56.5 Å². The summed E-state index contributed by atoms with van der Waals surface area (Å²) >= 11 is 14.4. The molecule has 2 rings (SSSR count). The largest absolute Gasteiger partial charge is 0.331 e. The van der Waals surface area contributed by atoms with Crippen LogP contribution >= 0.6 is 39.7 Å². The van der Waals surface area contributed by atoms with Gasteiger partial charge in [0.15, 0.2) is 5.11 Å². The summed E-state index contributed by atoms with van der Waals surface area (Å²) in [4.78, 5) is 12.0. The van der Waals surface area contributed by atoms with Crippen molar-refractivity contribution in [1.29, 1.82) is 0 Å². The van der Waals surface area contributed by atoms with E-state index in [2.05, 4.69) is 32.1 Å². The van der Waals surface area contributed by atoms with E-state index in [1.54, 1.807) is 24.3 Å². The molecule has 0 saturated carbocycles.